The summed E-state index contributed by atoms with van der Waals surface area (Å²) >= 11 is 0. The van der Waals surface area contributed by atoms with E-state index in [-0.39, 0.29) is 11.8 Å². The molecular weight excluding hydrogens is 343 g/mol. The van der Waals surface area contributed by atoms with Crippen LogP contribution in [0.1, 0.15) is 48.0 Å². The number of nitrogen functional groups attached to an aromatic ring is 1. The lowest BCUT2D eigenvalue weighted by molar-refractivity contribution is 0.121. The van der Waals surface area contributed by atoms with Gasteiger partial charge in [0.15, 0.2) is 0 Å². The second-order valence-electron chi connectivity index (χ2n) is 5.35. The summed E-state index contributed by atoms with van der Waals surface area (Å²) in [4.78, 5) is 6.34. The maximum Gasteiger partial charge on any atom is 0.148 e. The first-order valence-corrected chi connectivity index (χ1v) is 9.94. The van der Waals surface area contributed by atoms with Gasteiger partial charge in [-0.25, -0.2) is 9.37 Å². The molecule has 2 aromatic rings. The van der Waals surface area contributed by atoms with E-state index in [1.54, 1.807) is 13.3 Å². The van der Waals surface area contributed by atoms with E-state index in [0.717, 1.165) is 30.9 Å². The highest BCUT2D eigenvalue weighted by atomic mass is 19.1. The number of hydrogen-bond acceptors (Lipinski definition) is 4. The van der Waals surface area contributed by atoms with E-state index in [0.29, 0.717) is 5.69 Å². The average molecular weight is 381 g/mol. The van der Waals surface area contributed by atoms with E-state index in [1.807, 2.05) is 65.4 Å². The fourth-order valence-corrected chi connectivity index (χ4v) is 2.78. The Bertz CT molecular complexity index is 658. The molecule has 0 aliphatic carbocycles. The van der Waals surface area contributed by atoms with Crippen LogP contribution in [0.2, 0.25) is 0 Å². The Balaban J connectivity index is 0.00000103. The van der Waals surface area contributed by atoms with E-state index in [9.17, 15) is 4.39 Å². The van der Waals surface area contributed by atoms with Gasteiger partial charge in [-0.2, -0.15) is 0 Å². The number of benzene rings is 1. The maximum atomic E-state index is 14.2. The molecule has 1 fully saturated rings. The summed E-state index contributed by atoms with van der Waals surface area (Å²) in [7, 11) is 3.58. The first kappa shape index (κ1) is 24.9. The first-order valence-electron chi connectivity index (χ1n) is 9.94. The van der Waals surface area contributed by atoms with Crippen LogP contribution in [0.25, 0.3) is 11.4 Å². The zero-order valence-electron chi connectivity index (χ0n) is 18.2. The minimum Gasteiger partial charge on any atom is -0.395 e. The second kappa shape index (κ2) is 13.1. The molecule has 5 nitrogen and oxygen atoms in total. The molecule has 0 saturated carbocycles. The van der Waals surface area contributed by atoms with Gasteiger partial charge in [0, 0.05) is 45.2 Å². The van der Waals surface area contributed by atoms with E-state index in [2.05, 4.69) is 9.88 Å². The van der Waals surface area contributed by atoms with Crippen LogP contribution in [0.3, 0.4) is 0 Å². The number of anilines is 2. The van der Waals surface area contributed by atoms with Crippen LogP contribution < -0.4 is 10.6 Å². The molecule has 1 aliphatic heterocycles. The van der Waals surface area contributed by atoms with E-state index >= 15 is 0 Å². The summed E-state index contributed by atoms with van der Waals surface area (Å²) in [6, 6.07) is 3.34. The van der Waals surface area contributed by atoms with E-state index in [4.69, 9.17) is 10.5 Å². The van der Waals surface area contributed by atoms with Gasteiger partial charge in [-0.1, -0.05) is 41.5 Å². The zero-order chi connectivity index (χ0) is 21.0. The van der Waals surface area contributed by atoms with Crippen LogP contribution in [-0.2, 0) is 11.8 Å². The van der Waals surface area contributed by atoms with Gasteiger partial charge in [-0.3, -0.25) is 0 Å². The molecule has 1 aromatic heterocycles. The van der Waals surface area contributed by atoms with Crippen molar-refractivity contribution >= 4 is 11.4 Å². The first-order chi connectivity index (χ1) is 13.1. The van der Waals surface area contributed by atoms with Gasteiger partial charge in [0.25, 0.3) is 0 Å². The van der Waals surface area contributed by atoms with Crippen LogP contribution in [0.5, 0.6) is 0 Å². The fourth-order valence-electron chi connectivity index (χ4n) is 2.78. The Morgan fingerprint density at radius 2 is 1.78 bits per heavy atom. The Kier molecular flexibility index (Phi) is 12.1. The number of methoxy groups -OCH3 is 1. The molecule has 1 unspecified atom stereocenters. The number of nitrogens with two attached hydrogens (primary N) is 1. The van der Waals surface area contributed by atoms with Crippen molar-refractivity contribution in [3.8, 4) is 11.4 Å². The molecular formula is C21H37FN4O. The van der Waals surface area contributed by atoms with Crippen molar-refractivity contribution in [2.75, 3.05) is 30.8 Å². The number of rotatable bonds is 3. The van der Waals surface area contributed by atoms with Crippen LogP contribution in [0.15, 0.2) is 24.5 Å². The van der Waals surface area contributed by atoms with E-state index < -0.39 is 5.82 Å². The van der Waals surface area contributed by atoms with Crippen LogP contribution in [0.4, 0.5) is 15.8 Å². The van der Waals surface area contributed by atoms with E-state index in [1.165, 1.54) is 6.07 Å². The quantitative estimate of drug-likeness (QED) is 0.752. The molecule has 0 radical (unpaired) electrons. The SMILES string of the molecule is CC.CC.CC.COC1CCN(c2cc(-c3nccn3C)cc(F)c2N)C1. The minimum atomic E-state index is -0.411. The smallest absolute Gasteiger partial charge is 0.148 e. The van der Waals surface area contributed by atoms with Crippen molar-refractivity contribution in [3.63, 3.8) is 0 Å². The molecule has 0 amide bonds. The molecule has 1 aromatic carbocycles. The van der Waals surface area contributed by atoms with Crippen LogP contribution >= 0.6 is 0 Å². The summed E-state index contributed by atoms with van der Waals surface area (Å²) in [6.07, 6.45) is 4.62. The Labute approximate surface area is 164 Å². The van der Waals surface area contributed by atoms with Crippen molar-refractivity contribution in [2.45, 2.75) is 54.1 Å². The number of ether oxygens (including phenoxy) is 1. The maximum absolute atomic E-state index is 14.2. The highest BCUT2D eigenvalue weighted by Crippen LogP contribution is 2.34. The molecule has 0 spiro atoms. The molecule has 3 rings (SSSR count). The number of imidazole rings is 1. The monoisotopic (exact) mass is 380 g/mol. The zero-order valence-corrected chi connectivity index (χ0v) is 18.2. The molecule has 1 atom stereocenters. The predicted octanol–water partition coefficient (Wildman–Crippen LogP) is 5.11. The molecule has 27 heavy (non-hydrogen) atoms. The fraction of sp³-hybridized carbons (Fsp3) is 0.571. The summed E-state index contributed by atoms with van der Waals surface area (Å²) in [6.45, 7) is 13.5. The van der Waals surface area contributed by atoms with Crippen molar-refractivity contribution in [3.05, 3.63) is 30.3 Å². The number of nitrogens with zero attached hydrogens (tertiary/aromatic N) is 3. The molecule has 0 bridgehead atoms. The number of aromatic nitrogens is 2. The lowest BCUT2D eigenvalue weighted by Gasteiger charge is -2.21. The van der Waals surface area contributed by atoms with Gasteiger partial charge in [0.2, 0.25) is 0 Å². The second-order valence-corrected chi connectivity index (χ2v) is 5.35. The van der Waals surface area contributed by atoms with Gasteiger partial charge in [0.1, 0.15) is 11.6 Å². The summed E-state index contributed by atoms with van der Waals surface area (Å²) < 4.78 is 21.4. The van der Waals surface area contributed by atoms with Gasteiger partial charge >= 0.3 is 0 Å². The van der Waals surface area contributed by atoms with Gasteiger partial charge in [-0.05, 0) is 18.6 Å². The lowest BCUT2D eigenvalue weighted by atomic mass is 10.1. The Hall–Kier alpha value is -2.08. The van der Waals surface area contributed by atoms with Crippen molar-refractivity contribution < 1.29 is 9.13 Å². The Morgan fingerprint density at radius 3 is 2.26 bits per heavy atom. The van der Waals surface area contributed by atoms with Gasteiger partial charge < -0.3 is 19.9 Å². The summed E-state index contributed by atoms with van der Waals surface area (Å²) in [5, 5.41) is 0. The predicted molar refractivity (Wildman–Crippen MR) is 115 cm³/mol. The highest BCUT2D eigenvalue weighted by Gasteiger charge is 2.25. The molecule has 2 heterocycles. The third-order valence-corrected chi connectivity index (χ3v) is 4.01. The van der Waals surface area contributed by atoms with Crippen LogP contribution in [0, 0.1) is 5.82 Å². The van der Waals surface area contributed by atoms with Crippen LogP contribution in [-0.4, -0.2) is 35.9 Å². The number of aryl methyl sites for hydroxylation is 1. The Morgan fingerprint density at radius 1 is 1.15 bits per heavy atom. The van der Waals surface area contributed by atoms with Gasteiger partial charge in [0.05, 0.1) is 17.5 Å². The largest absolute Gasteiger partial charge is 0.395 e. The van der Waals surface area contributed by atoms with Crippen molar-refractivity contribution in [2.24, 2.45) is 7.05 Å². The number of halogens is 1. The topological polar surface area (TPSA) is 56.3 Å². The molecule has 1 aliphatic rings. The highest BCUT2D eigenvalue weighted by molar-refractivity contribution is 5.75. The van der Waals surface area contributed by atoms with Crippen molar-refractivity contribution in [1.29, 1.82) is 0 Å². The lowest BCUT2D eigenvalue weighted by Crippen LogP contribution is -2.23. The van der Waals surface area contributed by atoms with Crippen molar-refractivity contribution in [1.82, 2.24) is 9.55 Å². The molecule has 154 valence electrons. The number of hydrogen-bond donors (Lipinski definition) is 1. The third-order valence-electron chi connectivity index (χ3n) is 4.01. The summed E-state index contributed by atoms with van der Waals surface area (Å²) in [5.41, 5.74) is 7.55. The molecule has 6 heteroatoms. The standard InChI is InChI=1S/C15H19FN4O.3C2H6/c1-19-6-4-18-15(19)10-7-12(16)14(17)13(8-10)20-5-3-11(9-20)21-2;3*1-2/h4,6-8,11H,3,5,9,17H2,1-2H3;3*1-2H3. The van der Waals surface area contributed by atoms with Gasteiger partial charge in [-0.15, -0.1) is 0 Å². The molecule has 2 N–H and O–H groups in total. The molecule has 1 saturated heterocycles. The minimum absolute atomic E-state index is 0.171. The normalized spacial score (nSPS) is 15.0. The summed E-state index contributed by atoms with van der Waals surface area (Å²) in [5.74, 6) is 0.309. The average Bonchev–Trinajstić information content (AvgIpc) is 3.37. The third kappa shape index (κ3) is 6.24.